The van der Waals surface area contributed by atoms with E-state index in [0.29, 0.717) is 5.56 Å². The van der Waals surface area contributed by atoms with Gasteiger partial charge in [0.1, 0.15) is 0 Å². The third kappa shape index (κ3) is 4.69. The smallest absolute Gasteiger partial charge is 0.338 e. The van der Waals surface area contributed by atoms with Gasteiger partial charge in [-0.1, -0.05) is 49.4 Å². The summed E-state index contributed by atoms with van der Waals surface area (Å²) in [5.41, 5.74) is 3.58. The van der Waals surface area contributed by atoms with Crippen LogP contribution in [0.1, 0.15) is 46.9 Å². The van der Waals surface area contributed by atoms with Gasteiger partial charge in [0.05, 0.1) is 11.6 Å². The van der Waals surface area contributed by atoms with Gasteiger partial charge >= 0.3 is 5.97 Å². The first kappa shape index (κ1) is 17.7. The molecule has 2 rings (SSSR count). The molecule has 0 aliphatic heterocycles. The van der Waals surface area contributed by atoms with E-state index >= 15 is 0 Å². The number of carbonyl (C=O) groups is 2. The van der Waals surface area contributed by atoms with Gasteiger partial charge in [-0.25, -0.2) is 4.79 Å². The van der Waals surface area contributed by atoms with E-state index in [9.17, 15) is 9.59 Å². The van der Waals surface area contributed by atoms with Crippen LogP contribution in [0.25, 0.3) is 0 Å². The number of hydrogen-bond donors (Lipinski definition) is 1. The van der Waals surface area contributed by atoms with Crippen molar-refractivity contribution in [2.24, 2.45) is 0 Å². The normalized spacial score (nSPS) is 11.6. The molecule has 4 heteroatoms. The monoisotopic (exact) mass is 325 g/mol. The van der Waals surface area contributed by atoms with Gasteiger partial charge < -0.3 is 10.1 Å². The van der Waals surface area contributed by atoms with Crippen LogP contribution in [0, 0.1) is 6.92 Å². The van der Waals surface area contributed by atoms with Gasteiger partial charge in [-0.15, -0.1) is 0 Å². The van der Waals surface area contributed by atoms with E-state index < -0.39 is 5.97 Å². The molecule has 0 unspecified atom stereocenters. The van der Waals surface area contributed by atoms with Gasteiger partial charge in [0.25, 0.3) is 5.91 Å². The highest BCUT2D eigenvalue weighted by molar-refractivity contribution is 5.92. The van der Waals surface area contributed by atoms with Crippen LogP contribution in [-0.4, -0.2) is 18.5 Å². The Balaban J connectivity index is 1.86. The largest absolute Gasteiger partial charge is 0.452 e. The summed E-state index contributed by atoms with van der Waals surface area (Å²) in [7, 11) is 0. The van der Waals surface area contributed by atoms with Crippen molar-refractivity contribution in [2.45, 2.75) is 33.2 Å². The van der Waals surface area contributed by atoms with Crippen molar-refractivity contribution in [3.63, 3.8) is 0 Å². The van der Waals surface area contributed by atoms with E-state index in [1.807, 2.05) is 38.1 Å². The van der Waals surface area contributed by atoms with E-state index in [0.717, 1.165) is 17.5 Å². The van der Waals surface area contributed by atoms with Gasteiger partial charge in [0.15, 0.2) is 6.61 Å². The zero-order valence-corrected chi connectivity index (χ0v) is 14.3. The third-order valence-electron chi connectivity index (χ3n) is 3.96. The maximum absolute atomic E-state index is 12.0. The Morgan fingerprint density at radius 3 is 2.38 bits per heavy atom. The summed E-state index contributed by atoms with van der Waals surface area (Å²) in [6, 6.07) is 15.1. The lowest BCUT2D eigenvalue weighted by Crippen LogP contribution is -2.31. The van der Waals surface area contributed by atoms with Gasteiger partial charge in [-0.3, -0.25) is 4.79 Å². The van der Waals surface area contributed by atoms with Gasteiger partial charge in [-0.2, -0.15) is 0 Å². The first-order valence-electron chi connectivity index (χ1n) is 8.12. The Kier molecular flexibility index (Phi) is 6.13. The molecule has 2 aromatic carbocycles. The number of ether oxygens (including phenoxy) is 1. The number of amides is 1. The molecule has 24 heavy (non-hydrogen) atoms. The molecule has 4 nitrogen and oxygen atoms in total. The zero-order valence-electron chi connectivity index (χ0n) is 14.3. The number of aryl methyl sites for hydroxylation is 2. The van der Waals surface area contributed by atoms with E-state index in [1.165, 1.54) is 5.56 Å². The fraction of sp³-hybridized carbons (Fsp3) is 0.300. The molecule has 0 saturated heterocycles. The zero-order chi connectivity index (χ0) is 17.5. The Morgan fingerprint density at radius 2 is 1.75 bits per heavy atom. The maximum Gasteiger partial charge on any atom is 0.338 e. The lowest BCUT2D eigenvalue weighted by atomic mass is 10.1. The van der Waals surface area contributed by atoms with Crippen molar-refractivity contribution in [3.8, 4) is 0 Å². The SMILES string of the molecule is CCc1ccc([C@@H](C)NC(=O)COC(=O)c2ccccc2C)cc1. The Hall–Kier alpha value is -2.62. The lowest BCUT2D eigenvalue weighted by molar-refractivity contribution is -0.124. The first-order chi connectivity index (χ1) is 11.5. The molecule has 126 valence electrons. The summed E-state index contributed by atoms with van der Waals surface area (Å²) >= 11 is 0. The fourth-order valence-corrected chi connectivity index (χ4v) is 2.42. The van der Waals surface area contributed by atoms with E-state index in [2.05, 4.69) is 24.4 Å². The molecule has 2 aromatic rings. The summed E-state index contributed by atoms with van der Waals surface area (Å²) in [4.78, 5) is 24.0. The Morgan fingerprint density at radius 1 is 1.08 bits per heavy atom. The molecule has 0 fully saturated rings. The standard InChI is InChI=1S/C20H23NO3/c1-4-16-9-11-17(12-10-16)15(3)21-19(22)13-24-20(23)18-8-6-5-7-14(18)2/h5-12,15H,4,13H2,1-3H3,(H,21,22)/t15-/m1/s1. The molecule has 0 heterocycles. The van der Waals surface area contributed by atoms with E-state index in [4.69, 9.17) is 4.74 Å². The van der Waals surface area contributed by atoms with Crippen molar-refractivity contribution in [1.82, 2.24) is 5.32 Å². The van der Waals surface area contributed by atoms with Crippen molar-refractivity contribution in [3.05, 3.63) is 70.8 Å². The molecule has 1 amide bonds. The molecule has 0 radical (unpaired) electrons. The Bertz CT molecular complexity index is 707. The minimum Gasteiger partial charge on any atom is -0.452 e. The summed E-state index contributed by atoms with van der Waals surface area (Å²) < 4.78 is 5.09. The number of carbonyl (C=O) groups excluding carboxylic acids is 2. The predicted molar refractivity (Wildman–Crippen MR) is 93.8 cm³/mol. The highest BCUT2D eigenvalue weighted by Gasteiger charge is 2.14. The van der Waals surface area contributed by atoms with Crippen molar-refractivity contribution >= 4 is 11.9 Å². The minimum atomic E-state index is -0.483. The molecule has 0 aliphatic rings. The summed E-state index contributed by atoms with van der Waals surface area (Å²) in [5.74, 6) is -0.799. The topological polar surface area (TPSA) is 55.4 Å². The van der Waals surface area contributed by atoms with Crippen LogP contribution >= 0.6 is 0 Å². The summed E-state index contributed by atoms with van der Waals surface area (Å²) in [6.45, 7) is 5.55. The van der Waals surface area contributed by atoms with E-state index in [1.54, 1.807) is 12.1 Å². The second-order valence-corrected chi connectivity index (χ2v) is 5.78. The number of nitrogens with one attached hydrogen (secondary N) is 1. The number of rotatable bonds is 6. The molecule has 0 bridgehead atoms. The van der Waals surface area contributed by atoms with Crippen LogP contribution in [0.4, 0.5) is 0 Å². The second-order valence-electron chi connectivity index (χ2n) is 5.78. The van der Waals surface area contributed by atoms with Crippen LogP contribution in [0.3, 0.4) is 0 Å². The van der Waals surface area contributed by atoms with Crippen LogP contribution in [0.5, 0.6) is 0 Å². The first-order valence-corrected chi connectivity index (χ1v) is 8.12. The number of benzene rings is 2. The van der Waals surface area contributed by atoms with Crippen LogP contribution in [0.2, 0.25) is 0 Å². The van der Waals surface area contributed by atoms with Crippen molar-refractivity contribution in [2.75, 3.05) is 6.61 Å². The highest BCUT2D eigenvalue weighted by Crippen LogP contribution is 2.14. The molecule has 0 aromatic heterocycles. The third-order valence-corrected chi connectivity index (χ3v) is 3.96. The second kappa shape index (κ2) is 8.29. The fourth-order valence-electron chi connectivity index (χ4n) is 2.42. The maximum atomic E-state index is 12.0. The van der Waals surface area contributed by atoms with Crippen molar-refractivity contribution < 1.29 is 14.3 Å². The highest BCUT2D eigenvalue weighted by atomic mass is 16.5. The molecular weight excluding hydrogens is 302 g/mol. The summed E-state index contributed by atoms with van der Waals surface area (Å²) in [6.07, 6.45) is 0.982. The van der Waals surface area contributed by atoms with Gasteiger partial charge in [-0.05, 0) is 43.0 Å². The molecular formula is C20H23NO3. The minimum absolute atomic E-state index is 0.138. The summed E-state index contributed by atoms with van der Waals surface area (Å²) in [5, 5.41) is 2.84. The predicted octanol–water partition coefficient (Wildman–Crippen LogP) is 3.59. The van der Waals surface area contributed by atoms with Crippen molar-refractivity contribution in [1.29, 1.82) is 0 Å². The van der Waals surface area contributed by atoms with Gasteiger partial charge in [0.2, 0.25) is 0 Å². The molecule has 1 N–H and O–H groups in total. The molecule has 0 spiro atoms. The number of hydrogen-bond acceptors (Lipinski definition) is 3. The van der Waals surface area contributed by atoms with Crippen LogP contribution < -0.4 is 5.32 Å². The average molecular weight is 325 g/mol. The van der Waals surface area contributed by atoms with Crippen LogP contribution in [-0.2, 0) is 16.0 Å². The quantitative estimate of drug-likeness (QED) is 0.826. The number of esters is 1. The molecule has 1 atom stereocenters. The molecule has 0 saturated carbocycles. The lowest BCUT2D eigenvalue weighted by Gasteiger charge is -2.15. The van der Waals surface area contributed by atoms with Crippen LogP contribution in [0.15, 0.2) is 48.5 Å². The molecule has 0 aliphatic carbocycles. The van der Waals surface area contributed by atoms with E-state index in [-0.39, 0.29) is 18.6 Å². The Labute approximate surface area is 142 Å². The van der Waals surface area contributed by atoms with Gasteiger partial charge in [0, 0.05) is 0 Å². The average Bonchev–Trinajstić information content (AvgIpc) is 2.60.